The number of carbonyl (C=O) groups excluding carboxylic acids is 2. The molecular weight excluding hydrogens is 511 g/mol. The number of rotatable bonds is 7. The average Bonchev–Trinajstić information content (AvgIpc) is 2.89. The van der Waals surface area contributed by atoms with Gasteiger partial charge in [0.05, 0.1) is 0 Å². The molecule has 0 aliphatic carbocycles. The summed E-state index contributed by atoms with van der Waals surface area (Å²) in [5.41, 5.74) is 2.11. The molecule has 0 bridgehead atoms. The molecule has 12 heteroatoms. The van der Waals surface area contributed by atoms with Crippen molar-refractivity contribution < 1.29 is 22.8 Å². The molecule has 0 spiro atoms. The summed E-state index contributed by atoms with van der Waals surface area (Å²) in [5.74, 6) is -0.850. The fourth-order valence-corrected chi connectivity index (χ4v) is 4.13. The van der Waals surface area contributed by atoms with Gasteiger partial charge in [0.15, 0.2) is 0 Å². The van der Waals surface area contributed by atoms with Gasteiger partial charge in [0.2, 0.25) is 17.8 Å². The third kappa shape index (κ3) is 6.83. The van der Waals surface area contributed by atoms with Crippen LogP contribution in [0.5, 0.6) is 0 Å². The van der Waals surface area contributed by atoms with Crippen molar-refractivity contribution in [1.82, 2.24) is 14.9 Å². The van der Waals surface area contributed by atoms with Crippen LogP contribution in [0.25, 0.3) is 0 Å². The Balaban J connectivity index is 1.54. The minimum Gasteiger partial charge on any atom is -0.368 e. The summed E-state index contributed by atoms with van der Waals surface area (Å²) in [4.78, 5) is 35.2. The van der Waals surface area contributed by atoms with E-state index < -0.39 is 23.5 Å². The summed E-state index contributed by atoms with van der Waals surface area (Å²) in [6, 6.07) is 11.9. The number of carbonyl (C=O) groups is 2. The number of alkyl halides is 3. The van der Waals surface area contributed by atoms with Crippen LogP contribution in [0, 0.1) is 6.92 Å². The second kappa shape index (κ2) is 11.4. The second-order valence-corrected chi connectivity index (χ2v) is 8.97. The molecule has 2 aromatic carbocycles. The van der Waals surface area contributed by atoms with E-state index in [1.807, 2.05) is 25.1 Å². The lowest BCUT2D eigenvalue weighted by Gasteiger charge is -2.35. The molecule has 0 unspecified atom stereocenters. The van der Waals surface area contributed by atoms with E-state index in [0.29, 0.717) is 37.6 Å². The zero-order valence-corrected chi connectivity index (χ0v) is 21.5. The summed E-state index contributed by atoms with van der Waals surface area (Å²) < 4.78 is 41.2. The van der Waals surface area contributed by atoms with Crippen molar-refractivity contribution in [3.63, 3.8) is 0 Å². The largest absolute Gasteiger partial charge is 0.421 e. The number of benzene rings is 2. The van der Waals surface area contributed by atoms with Crippen molar-refractivity contribution in [2.45, 2.75) is 20.0 Å². The van der Waals surface area contributed by atoms with Crippen molar-refractivity contribution in [2.24, 2.45) is 0 Å². The lowest BCUT2D eigenvalue weighted by molar-refractivity contribution is -0.137. The molecule has 1 saturated heterocycles. The zero-order chi connectivity index (χ0) is 28.2. The number of hydrogen-bond acceptors (Lipinski definition) is 7. The highest BCUT2D eigenvalue weighted by atomic mass is 19.4. The highest BCUT2D eigenvalue weighted by Gasteiger charge is 2.35. The Morgan fingerprint density at radius 1 is 1.03 bits per heavy atom. The molecule has 4 rings (SSSR count). The van der Waals surface area contributed by atoms with Crippen molar-refractivity contribution in [3.8, 4) is 0 Å². The quantitative estimate of drug-likeness (QED) is 0.360. The molecule has 1 aromatic heterocycles. The highest BCUT2D eigenvalue weighted by molar-refractivity contribution is 5.99. The van der Waals surface area contributed by atoms with Gasteiger partial charge in [-0.1, -0.05) is 12.6 Å². The van der Waals surface area contributed by atoms with Gasteiger partial charge >= 0.3 is 6.18 Å². The van der Waals surface area contributed by atoms with Gasteiger partial charge in [-0.25, -0.2) is 4.98 Å². The number of anilines is 6. The predicted molar refractivity (Wildman–Crippen MR) is 145 cm³/mol. The molecule has 1 fully saturated rings. The highest BCUT2D eigenvalue weighted by Crippen LogP contribution is 2.36. The Bertz CT molecular complexity index is 1390. The molecule has 0 atom stereocenters. The Morgan fingerprint density at radius 2 is 1.74 bits per heavy atom. The monoisotopic (exact) mass is 539 g/mol. The van der Waals surface area contributed by atoms with Gasteiger partial charge in [0.25, 0.3) is 0 Å². The molecule has 9 nitrogen and oxygen atoms in total. The molecule has 3 N–H and O–H groups in total. The molecule has 204 valence electrons. The minimum atomic E-state index is -4.69. The topological polar surface area (TPSA) is 102 Å². The van der Waals surface area contributed by atoms with E-state index in [-0.39, 0.29) is 17.5 Å². The van der Waals surface area contributed by atoms with Crippen LogP contribution in [0.1, 0.15) is 18.1 Å². The molecule has 2 heterocycles. The standard InChI is InChI=1S/C27H28F3N7O2/c1-4-24(39)32-19-6-5-7-20(15-19)33-25-22(27(28,29)30)16-31-26(35-25)34-23-9-8-21(14-17(23)2)37-12-10-36(11-13-37)18(3)38/h4-9,14-16H,1,10-13H2,2-3H3,(H,32,39)(H2,31,33,34,35). The summed E-state index contributed by atoms with van der Waals surface area (Å²) in [6.45, 7) is 9.53. The van der Waals surface area contributed by atoms with Crippen LogP contribution in [0.2, 0.25) is 0 Å². The first-order valence-corrected chi connectivity index (χ1v) is 12.2. The number of hydrogen-bond donors (Lipinski definition) is 3. The fourth-order valence-electron chi connectivity index (χ4n) is 4.13. The summed E-state index contributed by atoms with van der Waals surface area (Å²) in [5, 5.41) is 8.26. The number of nitrogens with one attached hydrogen (secondary N) is 3. The molecular formula is C27H28F3N7O2. The average molecular weight is 540 g/mol. The van der Waals surface area contributed by atoms with Crippen molar-refractivity contribution in [3.05, 3.63) is 72.4 Å². The minimum absolute atomic E-state index is 0.0208. The number of aryl methyl sites for hydroxylation is 1. The zero-order valence-electron chi connectivity index (χ0n) is 21.5. The second-order valence-electron chi connectivity index (χ2n) is 8.97. The Labute approximate surface area is 223 Å². The van der Waals surface area contributed by atoms with E-state index in [4.69, 9.17) is 0 Å². The van der Waals surface area contributed by atoms with Crippen molar-refractivity contribution in [1.29, 1.82) is 0 Å². The van der Waals surface area contributed by atoms with Crippen molar-refractivity contribution in [2.75, 3.05) is 47.0 Å². The maximum absolute atomic E-state index is 13.7. The molecule has 1 aliphatic heterocycles. The first-order chi connectivity index (χ1) is 18.5. The van der Waals surface area contributed by atoms with Crippen LogP contribution in [0.3, 0.4) is 0 Å². The van der Waals surface area contributed by atoms with Crippen LogP contribution in [-0.4, -0.2) is 52.9 Å². The van der Waals surface area contributed by atoms with Gasteiger partial charge in [-0.3, -0.25) is 9.59 Å². The van der Waals surface area contributed by atoms with E-state index in [9.17, 15) is 22.8 Å². The number of nitrogens with zero attached hydrogens (tertiary/aromatic N) is 4. The molecule has 3 aromatic rings. The van der Waals surface area contributed by atoms with Crippen molar-refractivity contribution >= 4 is 46.3 Å². The van der Waals surface area contributed by atoms with Gasteiger partial charge < -0.3 is 25.8 Å². The van der Waals surface area contributed by atoms with Gasteiger partial charge in [0.1, 0.15) is 11.4 Å². The number of amides is 2. The van der Waals surface area contributed by atoms with E-state index in [1.165, 1.54) is 6.07 Å². The van der Waals surface area contributed by atoms with Crippen LogP contribution in [0.15, 0.2) is 61.3 Å². The third-order valence-electron chi connectivity index (χ3n) is 6.22. The summed E-state index contributed by atoms with van der Waals surface area (Å²) in [7, 11) is 0. The molecule has 0 radical (unpaired) electrons. The lowest BCUT2D eigenvalue weighted by atomic mass is 10.1. The lowest BCUT2D eigenvalue weighted by Crippen LogP contribution is -2.48. The molecule has 2 amide bonds. The van der Waals surface area contributed by atoms with Gasteiger partial charge in [-0.2, -0.15) is 18.2 Å². The van der Waals surface area contributed by atoms with E-state index in [0.717, 1.165) is 23.5 Å². The predicted octanol–water partition coefficient (Wildman–Crippen LogP) is 5.08. The maximum Gasteiger partial charge on any atom is 0.421 e. The first-order valence-electron chi connectivity index (χ1n) is 12.2. The van der Waals surface area contributed by atoms with Gasteiger partial charge in [-0.15, -0.1) is 0 Å². The molecule has 1 aliphatic rings. The Morgan fingerprint density at radius 3 is 2.38 bits per heavy atom. The normalized spacial score (nSPS) is 13.6. The Hall–Kier alpha value is -4.61. The van der Waals surface area contributed by atoms with Gasteiger partial charge in [0, 0.05) is 62.0 Å². The van der Waals surface area contributed by atoms with E-state index >= 15 is 0 Å². The van der Waals surface area contributed by atoms with E-state index in [1.54, 1.807) is 30.0 Å². The number of halogens is 3. The number of aromatic nitrogens is 2. The van der Waals surface area contributed by atoms with Crippen LogP contribution >= 0.6 is 0 Å². The summed E-state index contributed by atoms with van der Waals surface area (Å²) in [6.07, 6.45) is -2.88. The summed E-state index contributed by atoms with van der Waals surface area (Å²) >= 11 is 0. The fraction of sp³-hybridized carbons (Fsp3) is 0.259. The van der Waals surface area contributed by atoms with Crippen LogP contribution in [0.4, 0.5) is 47.7 Å². The molecule has 0 saturated carbocycles. The Kier molecular flexibility index (Phi) is 8.03. The number of piperazine rings is 1. The SMILES string of the molecule is C=CC(=O)Nc1cccc(Nc2nc(Nc3ccc(N4CCN(C(C)=O)CC4)cc3C)ncc2C(F)(F)F)c1. The van der Waals surface area contributed by atoms with Crippen LogP contribution < -0.4 is 20.9 Å². The third-order valence-corrected chi connectivity index (χ3v) is 6.22. The first kappa shape index (κ1) is 27.4. The van der Waals surface area contributed by atoms with Gasteiger partial charge in [-0.05, 0) is 55.0 Å². The molecule has 39 heavy (non-hydrogen) atoms. The van der Waals surface area contributed by atoms with E-state index in [2.05, 4.69) is 37.4 Å². The maximum atomic E-state index is 13.7. The smallest absolute Gasteiger partial charge is 0.368 e. The van der Waals surface area contributed by atoms with Crippen LogP contribution in [-0.2, 0) is 15.8 Å².